The summed E-state index contributed by atoms with van der Waals surface area (Å²) in [4.78, 5) is 12.8. The van der Waals surface area contributed by atoms with Gasteiger partial charge in [-0.1, -0.05) is 23.7 Å². The maximum absolute atomic E-state index is 12.8. The Morgan fingerprint density at radius 1 is 1.00 bits per heavy atom. The minimum absolute atomic E-state index is 0. The van der Waals surface area contributed by atoms with Crippen molar-refractivity contribution in [3.63, 3.8) is 0 Å². The normalized spacial score (nSPS) is 13.2. The van der Waals surface area contributed by atoms with Gasteiger partial charge in [-0.15, -0.1) is 0 Å². The van der Waals surface area contributed by atoms with Gasteiger partial charge < -0.3 is 17.0 Å². The number of rotatable bonds is 3. The third kappa shape index (κ3) is 3.78. The number of fused-ring (bicyclic) bond motifs is 2. The van der Waals surface area contributed by atoms with Crippen molar-refractivity contribution in [2.24, 2.45) is 0 Å². The van der Waals surface area contributed by atoms with Crippen molar-refractivity contribution >= 4 is 28.3 Å². The Labute approximate surface area is 163 Å². The Bertz CT molecular complexity index is 938. The number of nitrogens with zero attached hydrogens (tertiary/aromatic N) is 1. The summed E-state index contributed by atoms with van der Waals surface area (Å²) in [6.45, 7) is 0.345. The molecule has 25 heavy (non-hydrogen) atoms. The van der Waals surface area contributed by atoms with Crippen LogP contribution in [-0.2, 0) is 19.4 Å². The third-order valence-corrected chi connectivity index (χ3v) is 5.06. The minimum atomic E-state index is 0. The molecule has 0 radical (unpaired) electrons. The number of hydrogen-bond acceptors (Lipinski definition) is 1. The summed E-state index contributed by atoms with van der Waals surface area (Å²) in [5.41, 5.74) is 4.59. The average Bonchev–Trinajstić information content (AvgIpc) is 2.61. The van der Waals surface area contributed by atoms with Crippen LogP contribution in [0.15, 0.2) is 54.7 Å². The summed E-state index contributed by atoms with van der Waals surface area (Å²) in [5, 5.41) is 1.75. The van der Waals surface area contributed by atoms with Crippen LogP contribution >= 0.6 is 11.6 Å². The van der Waals surface area contributed by atoms with E-state index >= 15 is 0 Å². The number of hydrogen-bond donors (Lipinski definition) is 0. The maximum Gasteiger partial charge on any atom is 0.227 e. The molecule has 4 rings (SSSR count). The van der Waals surface area contributed by atoms with Gasteiger partial charge in [0.05, 0.1) is 0 Å². The number of ketones is 1. The van der Waals surface area contributed by atoms with E-state index in [0.29, 0.717) is 11.6 Å². The van der Waals surface area contributed by atoms with Crippen LogP contribution in [-0.4, -0.2) is 5.78 Å². The SMILES string of the molecule is O=C(C[n+]1cccc2cc(Cl)ccc21)c1ccc2c(c1)CCCC2.[Br-]. The molecule has 1 aliphatic carbocycles. The molecule has 1 aromatic heterocycles. The number of pyridine rings is 1. The molecule has 1 aliphatic rings. The minimum Gasteiger partial charge on any atom is -1.00 e. The number of Topliss-reactive ketones (excluding diaryl/α,β-unsaturated/α-hetero) is 1. The predicted octanol–water partition coefficient (Wildman–Crippen LogP) is 1.55. The zero-order valence-corrected chi connectivity index (χ0v) is 16.2. The third-order valence-electron chi connectivity index (χ3n) is 4.83. The number of aryl methyl sites for hydroxylation is 2. The Kier molecular flexibility index (Phi) is 5.55. The second-order valence-corrected chi connectivity index (χ2v) is 6.89. The molecule has 0 spiro atoms. The average molecular weight is 417 g/mol. The van der Waals surface area contributed by atoms with Crippen molar-refractivity contribution in [2.45, 2.75) is 32.2 Å². The van der Waals surface area contributed by atoms with E-state index in [9.17, 15) is 4.79 Å². The predicted molar refractivity (Wildman–Crippen MR) is 96.6 cm³/mol. The lowest BCUT2D eigenvalue weighted by molar-refractivity contribution is -0.657. The largest absolute Gasteiger partial charge is 1.00 e. The smallest absolute Gasteiger partial charge is 0.227 e. The molecule has 0 saturated carbocycles. The Hall–Kier alpha value is -1.71. The lowest BCUT2D eigenvalue weighted by atomic mass is 9.90. The van der Waals surface area contributed by atoms with Gasteiger partial charge in [-0.05, 0) is 61.1 Å². The summed E-state index contributed by atoms with van der Waals surface area (Å²) >= 11 is 6.06. The summed E-state index contributed by atoms with van der Waals surface area (Å²) in [7, 11) is 0. The van der Waals surface area contributed by atoms with Crippen LogP contribution in [0.25, 0.3) is 10.9 Å². The number of benzene rings is 2. The molecule has 0 atom stereocenters. The van der Waals surface area contributed by atoms with Crippen LogP contribution in [0.2, 0.25) is 5.02 Å². The first-order valence-corrected chi connectivity index (χ1v) is 8.81. The fourth-order valence-electron chi connectivity index (χ4n) is 3.54. The zero-order valence-electron chi connectivity index (χ0n) is 13.8. The molecule has 128 valence electrons. The van der Waals surface area contributed by atoms with Crippen molar-refractivity contribution in [1.29, 1.82) is 0 Å². The van der Waals surface area contributed by atoms with Crippen molar-refractivity contribution in [2.75, 3.05) is 0 Å². The lowest BCUT2D eigenvalue weighted by Crippen LogP contribution is -3.00. The molecule has 0 fully saturated rings. The fourth-order valence-corrected chi connectivity index (χ4v) is 3.72. The van der Waals surface area contributed by atoms with Crippen LogP contribution in [0.4, 0.5) is 0 Å². The summed E-state index contributed by atoms with van der Waals surface area (Å²) in [6, 6.07) is 15.9. The van der Waals surface area contributed by atoms with Gasteiger partial charge in [-0.2, -0.15) is 4.57 Å². The monoisotopic (exact) mass is 415 g/mol. The van der Waals surface area contributed by atoms with Crippen LogP contribution in [0.1, 0.15) is 34.3 Å². The van der Waals surface area contributed by atoms with E-state index in [4.69, 9.17) is 11.6 Å². The number of aromatic nitrogens is 1. The molecule has 3 aromatic rings. The Balaban J connectivity index is 0.00000182. The van der Waals surface area contributed by atoms with Crippen molar-refractivity contribution in [3.05, 3.63) is 76.4 Å². The van der Waals surface area contributed by atoms with Gasteiger partial charge in [0, 0.05) is 28.1 Å². The Morgan fingerprint density at radius 3 is 2.64 bits per heavy atom. The number of carbonyl (C=O) groups is 1. The van der Waals surface area contributed by atoms with Crippen molar-refractivity contribution in [1.82, 2.24) is 0 Å². The molecule has 0 unspecified atom stereocenters. The fraction of sp³-hybridized carbons (Fsp3) is 0.238. The highest BCUT2D eigenvalue weighted by atomic mass is 79.9. The summed E-state index contributed by atoms with van der Waals surface area (Å²) < 4.78 is 1.99. The van der Waals surface area contributed by atoms with Gasteiger partial charge in [-0.3, -0.25) is 4.79 Å². The van der Waals surface area contributed by atoms with E-state index in [1.807, 2.05) is 47.2 Å². The van der Waals surface area contributed by atoms with Crippen LogP contribution in [0, 0.1) is 0 Å². The first-order valence-electron chi connectivity index (χ1n) is 8.43. The first kappa shape index (κ1) is 18.1. The molecule has 4 heteroatoms. The highest BCUT2D eigenvalue weighted by Crippen LogP contribution is 2.22. The highest BCUT2D eigenvalue weighted by Gasteiger charge is 2.17. The van der Waals surface area contributed by atoms with Crippen molar-refractivity contribution < 1.29 is 26.3 Å². The van der Waals surface area contributed by atoms with E-state index in [1.165, 1.54) is 24.0 Å². The molecule has 0 N–H and O–H groups in total. The van der Waals surface area contributed by atoms with Gasteiger partial charge in [0.2, 0.25) is 17.8 Å². The second-order valence-electron chi connectivity index (χ2n) is 6.45. The van der Waals surface area contributed by atoms with Gasteiger partial charge >= 0.3 is 0 Å². The van der Waals surface area contributed by atoms with E-state index in [0.717, 1.165) is 29.3 Å². The van der Waals surface area contributed by atoms with E-state index in [-0.39, 0.29) is 22.8 Å². The molecule has 2 nitrogen and oxygen atoms in total. The maximum atomic E-state index is 12.8. The lowest BCUT2D eigenvalue weighted by Gasteiger charge is -2.15. The van der Waals surface area contributed by atoms with Crippen LogP contribution in [0.3, 0.4) is 0 Å². The van der Waals surface area contributed by atoms with Gasteiger partial charge in [0.1, 0.15) is 0 Å². The molecular weight excluding hydrogens is 398 g/mol. The second kappa shape index (κ2) is 7.67. The zero-order chi connectivity index (χ0) is 16.5. The van der Waals surface area contributed by atoms with Gasteiger partial charge in [0.25, 0.3) is 0 Å². The molecule has 0 amide bonds. The number of carbonyl (C=O) groups excluding carboxylic acids is 1. The van der Waals surface area contributed by atoms with E-state index in [1.54, 1.807) is 0 Å². The van der Waals surface area contributed by atoms with Gasteiger partial charge in [-0.25, -0.2) is 0 Å². The molecular formula is C21H19BrClNO. The van der Waals surface area contributed by atoms with Crippen LogP contribution in [0.5, 0.6) is 0 Å². The highest BCUT2D eigenvalue weighted by molar-refractivity contribution is 6.31. The molecule has 0 saturated heterocycles. The van der Waals surface area contributed by atoms with Crippen molar-refractivity contribution in [3.8, 4) is 0 Å². The number of halogens is 2. The standard InChI is InChI=1S/C21H19ClNO.BrH/c22-19-9-10-20-17(13-19)6-3-11-23(20)14-21(24)18-8-7-15-4-1-2-5-16(15)12-18;/h3,6-13H,1-2,4-5,14H2;1H/q+1;/p-1. The van der Waals surface area contributed by atoms with E-state index in [2.05, 4.69) is 12.1 Å². The molecule has 2 aromatic carbocycles. The van der Waals surface area contributed by atoms with Gasteiger partial charge in [0.15, 0.2) is 6.20 Å². The summed E-state index contributed by atoms with van der Waals surface area (Å²) in [6.07, 6.45) is 6.67. The summed E-state index contributed by atoms with van der Waals surface area (Å²) in [5.74, 6) is 0.149. The van der Waals surface area contributed by atoms with Crippen LogP contribution < -0.4 is 21.5 Å². The first-order chi connectivity index (χ1) is 11.7. The molecule has 1 heterocycles. The van der Waals surface area contributed by atoms with E-state index < -0.39 is 0 Å². The molecule has 0 bridgehead atoms. The molecule has 0 aliphatic heterocycles. The quantitative estimate of drug-likeness (QED) is 0.469. The Morgan fingerprint density at radius 2 is 1.80 bits per heavy atom. The topological polar surface area (TPSA) is 20.9 Å².